The number of carboxylic acid groups (broad SMARTS) is 2. The molecule has 2 amide bonds. The van der Waals surface area contributed by atoms with Crippen molar-refractivity contribution in [3.8, 4) is 0 Å². The van der Waals surface area contributed by atoms with Crippen molar-refractivity contribution in [3.05, 3.63) is 67.4 Å². The molecular formula is C24H23Cl2N5O6S. The summed E-state index contributed by atoms with van der Waals surface area (Å²) in [5.41, 5.74) is 0.791. The lowest BCUT2D eigenvalue weighted by Crippen LogP contribution is -2.44. The minimum atomic E-state index is -1.24. The van der Waals surface area contributed by atoms with Crippen LogP contribution in [-0.4, -0.2) is 63.1 Å². The fourth-order valence-corrected chi connectivity index (χ4v) is 5.48. The van der Waals surface area contributed by atoms with Gasteiger partial charge in [0.15, 0.2) is 5.13 Å². The van der Waals surface area contributed by atoms with Gasteiger partial charge in [0, 0.05) is 24.8 Å². The molecule has 0 spiro atoms. The van der Waals surface area contributed by atoms with E-state index in [9.17, 15) is 29.4 Å². The van der Waals surface area contributed by atoms with Crippen LogP contribution in [0.15, 0.2) is 24.3 Å². The number of anilines is 1. The van der Waals surface area contributed by atoms with Crippen LogP contribution in [0.5, 0.6) is 0 Å². The molecule has 0 saturated carbocycles. The molecule has 1 aliphatic rings. The van der Waals surface area contributed by atoms with Gasteiger partial charge in [0.2, 0.25) is 0 Å². The van der Waals surface area contributed by atoms with Crippen LogP contribution in [-0.2, 0) is 6.54 Å². The Kier molecular flexibility index (Phi) is 8.24. The highest BCUT2D eigenvalue weighted by atomic mass is 35.5. The highest BCUT2D eigenvalue weighted by Crippen LogP contribution is 2.31. The molecule has 2 aromatic heterocycles. The van der Waals surface area contributed by atoms with Gasteiger partial charge in [-0.3, -0.25) is 9.59 Å². The molecule has 0 unspecified atom stereocenters. The van der Waals surface area contributed by atoms with Gasteiger partial charge in [0.05, 0.1) is 33.4 Å². The van der Waals surface area contributed by atoms with Gasteiger partial charge >= 0.3 is 11.9 Å². The summed E-state index contributed by atoms with van der Waals surface area (Å²) in [4.78, 5) is 57.7. The molecule has 0 radical (unpaired) electrons. The number of aryl methyl sites for hydroxylation is 1. The minimum Gasteiger partial charge on any atom is -0.478 e. The normalized spacial score (nSPS) is 13.8. The van der Waals surface area contributed by atoms with Crippen molar-refractivity contribution in [3.63, 3.8) is 0 Å². The molecule has 38 heavy (non-hydrogen) atoms. The van der Waals surface area contributed by atoms with E-state index in [1.165, 1.54) is 18.2 Å². The summed E-state index contributed by atoms with van der Waals surface area (Å²) in [5, 5.41) is 25.4. The molecule has 0 atom stereocenters. The van der Waals surface area contributed by atoms with Crippen molar-refractivity contribution in [2.24, 2.45) is 0 Å². The largest absolute Gasteiger partial charge is 0.478 e. The maximum atomic E-state index is 12.6. The van der Waals surface area contributed by atoms with E-state index in [1.807, 2.05) is 4.90 Å². The quantitative estimate of drug-likeness (QED) is 0.268. The van der Waals surface area contributed by atoms with Crippen LogP contribution in [0, 0.1) is 6.92 Å². The Morgan fingerprint density at radius 3 is 2.29 bits per heavy atom. The first kappa shape index (κ1) is 27.4. The van der Waals surface area contributed by atoms with Gasteiger partial charge in [-0.25, -0.2) is 14.6 Å². The third-order valence-electron chi connectivity index (χ3n) is 6.08. The number of piperidine rings is 1. The second-order valence-electron chi connectivity index (χ2n) is 8.60. The number of nitrogens with one attached hydrogen (secondary N) is 3. The maximum Gasteiger partial charge on any atom is 0.347 e. The van der Waals surface area contributed by atoms with Crippen LogP contribution in [0.4, 0.5) is 5.13 Å². The molecular weight excluding hydrogens is 557 g/mol. The molecule has 5 N–H and O–H groups in total. The standard InChI is InChI=1S/C24H23Cl2N5O6S/c1-11-16(25)17(26)18(28-11)21(33)29-12-6-8-31(9-7-12)24-30-15(19(38-24)23(36)37)10-27-20(32)13-4-2-3-5-14(13)22(34)35/h2-5,12,28H,6-10H2,1H3,(H,27,32)(H,29,33)(H,34,35)(H,36,37). The molecule has 1 aliphatic heterocycles. The Morgan fingerprint density at radius 1 is 1.05 bits per heavy atom. The number of H-pyrrole nitrogens is 1. The number of carboxylic acids is 2. The maximum absolute atomic E-state index is 12.6. The Balaban J connectivity index is 1.39. The predicted molar refractivity (Wildman–Crippen MR) is 142 cm³/mol. The molecule has 1 saturated heterocycles. The Labute approximate surface area is 230 Å². The summed E-state index contributed by atoms with van der Waals surface area (Å²) in [7, 11) is 0. The number of rotatable bonds is 8. The number of carbonyl (C=O) groups is 4. The average Bonchev–Trinajstić information content (AvgIpc) is 3.44. The van der Waals surface area contributed by atoms with Crippen LogP contribution in [0.3, 0.4) is 0 Å². The Morgan fingerprint density at radius 2 is 1.71 bits per heavy atom. The molecule has 14 heteroatoms. The summed E-state index contributed by atoms with van der Waals surface area (Å²) in [5.74, 6) is -3.42. The van der Waals surface area contributed by atoms with Crippen LogP contribution in [0.2, 0.25) is 10.0 Å². The van der Waals surface area contributed by atoms with Crippen LogP contribution >= 0.6 is 34.5 Å². The first-order chi connectivity index (χ1) is 18.1. The lowest BCUT2D eigenvalue weighted by molar-refractivity contribution is 0.0686. The van der Waals surface area contributed by atoms with Gasteiger partial charge in [-0.1, -0.05) is 46.7 Å². The van der Waals surface area contributed by atoms with Gasteiger partial charge in [-0.2, -0.15) is 0 Å². The number of nitrogens with zero attached hydrogens (tertiary/aromatic N) is 2. The van der Waals surface area contributed by atoms with E-state index in [0.29, 0.717) is 41.8 Å². The molecule has 3 heterocycles. The van der Waals surface area contributed by atoms with E-state index in [0.717, 1.165) is 11.3 Å². The van der Waals surface area contributed by atoms with Crippen LogP contribution in [0.25, 0.3) is 0 Å². The van der Waals surface area contributed by atoms with E-state index in [2.05, 4.69) is 20.6 Å². The third-order valence-corrected chi connectivity index (χ3v) is 8.17. The van der Waals surface area contributed by atoms with Gasteiger partial charge in [-0.05, 0) is 31.9 Å². The second kappa shape index (κ2) is 11.4. The van der Waals surface area contributed by atoms with Gasteiger partial charge < -0.3 is 30.7 Å². The number of hydrogen-bond acceptors (Lipinski definition) is 7. The summed E-state index contributed by atoms with van der Waals surface area (Å²) in [6, 6.07) is 5.63. The number of thiazole rings is 1. The zero-order chi connectivity index (χ0) is 27.6. The fourth-order valence-electron chi connectivity index (χ4n) is 4.09. The van der Waals surface area contributed by atoms with Crippen molar-refractivity contribution in [1.29, 1.82) is 0 Å². The molecule has 11 nitrogen and oxygen atoms in total. The first-order valence-corrected chi connectivity index (χ1v) is 13.1. The smallest absolute Gasteiger partial charge is 0.347 e. The van der Waals surface area contributed by atoms with Crippen molar-refractivity contribution in [2.75, 3.05) is 18.0 Å². The van der Waals surface area contributed by atoms with Crippen molar-refractivity contribution in [1.82, 2.24) is 20.6 Å². The van der Waals surface area contributed by atoms with E-state index in [-0.39, 0.29) is 50.9 Å². The number of aromatic amines is 1. The topological polar surface area (TPSA) is 165 Å². The molecule has 200 valence electrons. The number of aromatic nitrogens is 2. The zero-order valence-corrected chi connectivity index (χ0v) is 22.3. The molecule has 0 aliphatic carbocycles. The molecule has 0 bridgehead atoms. The average molecular weight is 580 g/mol. The molecule has 1 fully saturated rings. The summed E-state index contributed by atoms with van der Waals surface area (Å²) >= 11 is 13.2. The highest BCUT2D eigenvalue weighted by Gasteiger charge is 2.27. The second-order valence-corrected chi connectivity index (χ2v) is 10.3. The fraction of sp³-hybridized carbons (Fsp3) is 0.292. The lowest BCUT2D eigenvalue weighted by Gasteiger charge is -2.32. The van der Waals surface area contributed by atoms with Crippen molar-refractivity contribution in [2.45, 2.75) is 32.4 Å². The number of hydrogen-bond donors (Lipinski definition) is 5. The number of amides is 2. The Bertz CT molecular complexity index is 1410. The lowest BCUT2D eigenvalue weighted by atomic mass is 10.1. The SMILES string of the molecule is Cc1[nH]c(C(=O)NC2CCN(c3nc(CNC(=O)c4ccccc4C(=O)O)c(C(=O)O)s3)CC2)c(Cl)c1Cl. The summed E-state index contributed by atoms with van der Waals surface area (Å²) in [6.45, 7) is 2.58. The van der Waals surface area contributed by atoms with Crippen LogP contribution < -0.4 is 15.5 Å². The first-order valence-electron chi connectivity index (χ1n) is 11.5. The Hall–Kier alpha value is -3.61. The number of halogens is 2. The zero-order valence-electron chi connectivity index (χ0n) is 20.0. The van der Waals surface area contributed by atoms with Gasteiger partial charge in [0.25, 0.3) is 11.8 Å². The van der Waals surface area contributed by atoms with Crippen molar-refractivity contribution >= 4 is 63.4 Å². The number of aromatic carboxylic acids is 2. The van der Waals surface area contributed by atoms with Crippen LogP contribution in [0.1, 0.15) is 65.1 Å². The summed E-state index contributed by atoms with van der Waals surface area (Å²) < 4.78 is 0. The van der Waals surface area contributed by atoms with Gasteiger partial charge in [0.1, 0.15) is 10.6 Å². The van der Waals surface area contributed by atoms with E-state index >= 15 is 0 Å². The van der Waals surface area contributed by atoms with Crippen molar-refractivity contribution < 1.29 is 29.4 Å². The predicted octanol–water partition coefficient (Wildman–Crippen LogP) is 3.81. The van der Waals surface area contributed by atoms with E-state index in [4.69, 9.17) is 23.2 Å². The molecule has 1 aromatic carbocycles. The minimum absolute atomic E-state index is 0.0177. The molecule has 4 rings (SSSR count). The highest BCUT2D eigenvalue weighted by molar-refractivity contribution is 7.17. The van der Waals surface area contributed by atoms with E-state index in [1.54, 1.807) is 13.0 Å². The number of carbonyl (C=O) groups excluding carboxylic acids is 2. The summed E-state index contributed by atoms with van der Waals surface area (Å²) in [6.07, 6.45) is 1.19. The monoisotopic (exact) mass is 579 g/mol. The van der Waals surface area contributed by atoms with E-state index < -0.39 is 17.8 Å². The van der Waals surface area contributed by atoms with Gasteiger partial charge in [-0.15, -0.1) is 0 Å². The molecule has 3 aromatic rings. The third kappa shape index (κ3) is 5.77. The number of benzene rings is 1.